The Kier molecular flexibility index (Phi) is 12.0. The second-order valence-corrected chi connectivity index (χ2v) is 20.3. The lowest BCUT2D eigenvalue weighted by Crippen LogP contribution is -2.74. The summed E-state index contributed by atoms with van der Waals surface area (Å²) in [6.07, 6.45) is 3.35. The second-order valence-electron chi connectivity index (χ2n) is 20.3. The maximum absolute atomic E-state index is 15.9. The predicted molar refractivity (Wildman–Crippen MR) is 250 cm³/mol. The van der Waals surface area contributed by atoms with Crippen LogP contribution in [0.2, 0.25) is 0 Å². The first-order valence-electron chi connectivity index (χ1n) is 23.3. The van der Waals surface area contributed by atoms with Gasteiger partial charge in [-0.05, 0) is 99.9 Å². The normalized spacial score (nSPS) is 24.1. The molecule has 0 spiro atoms. The third-order valence-corrected chi connectivity index (χ3v) is 14.8. The van der Waals surface area contributed by atoms with E-state index in [1.54, 1.807) is 42.6 Å². The van der Waals surface area contributed by atoms with Gasteiger partial charge >= 0.3 is 0 Å². The van der Waals surface area contributed by atoms with Gasteiger partial charge in [0.15, 0.2) is 0 Å². The van der Waals surface area contributed by atoms with Crippen molar-refractivity contribution in [2.45, 2.75) is 77.6 Å². The Morgan fingerprint density at radius 3 is 2.37 bits per heavy atom. The topological polar surface area (TPSA) is 172 Å². The van der Waals surface area contributed by atoms with Gasteiger partial charge in [-0.2, -0.15) is 5.26 Å². The van der Waals surface area contributed by atoms with E-state index in [9.17, 15) is 29.2 Å². The number of nitriles is 1. The molecule has 15 nitrogen and oxygen atoms in total. The summed E-state index contributed by atoms with van der Waals surface area (Å²) in [5.74, 6) is -1.79. The van der Waals surface area contributed by atoms with Crippen LogP contribution < -0.4 is 25.2 Å². The number of imide groups is 2. The van der Waals surface area contributed by atoms with Crippen LogP contribution in [0.1, 0.15) is 90.0 Å². The molecule has 4 aliphatic heterocycles. The van der Waals surface area contributed by atoms with Crippen LogP contribution in [0.5, 0.6) is 5.75 Å². The van der Waals surface area contributed by atoms with Gasteiger partial charge in [0.25, 0.3) is 17.7 Å². The molecule has 5 heterocycles. The van der Waals surface area contributed by atoms with Gasteiger partial charge in [0.05, 0.1) is 27.9 Å². The number of pyridine rings is 1. The van der Waals surface area contributed by atoms with Crippen molar-refractivity contribution in [2.75, 3.05) is 69.7 Å². The summed E-state index contributed by atoms with van der Waals surface area (Å²) in [6, 6.07) is 18.4. The summed E-state index contributed by atoms with van der Waals surface area (Å²) in [5.41, 5.74) is 2.25. The quantitative estimate of drug-likeness (QED) is 0.188. The molecule has 16 heteroatoms. The summed E-state index contributed by atoms with van der Waals surface area (Å²) in [4.78, 5) is 79.4. The van der Waals surface area contributed by atoms with Crippen LogP contribution >= 0.6 is 0 Å². The highest BCUT2D eigenvalue weighted by Gasteiger charge is 2.64. The highest BCUT2D eigenvalue weighted by Crippen LogP contribution is 2.56. The molecule has 350 valence electrons. The Hall–Kier alpha value is -6.44. The summed E-state index contributed by atoms with van der Waals surface area (Å²) in [7, 11) is 4.12. The average Bonchev–Trinajstić information content (AvgIpc) is 3.55. The van der Waals surface area contributed by atoms with Crippen molar-refractivity contribution in [3.05, 3.63) is 94.9 Å². The molecule has 3 saturated heterocycles. The van der Waals surface area contributed by atoms with E-state index in [4.69, 9.17) is 4.74 Å². The number of hydrogen-bond acceptors (Lipinski definition) is 12. The third kappa shape index (κ3) is 8.37. The maximum atomic E-state index is 15.9. The maximum Gasteiger partial charge on any atom is 0.262 e. The fraction of sp³-hybridized carbons (Fsp3) is 0.471. The number of ether oxygens (including phenoxy) is 1. The zero-order valence-corrected chi connectivity index (χ0v) is 39.0. The van der Waals surface area contributed by atoms with Gasteiger partial charge < -0.3 is 24.8 Å². The number of nitrogens with zero attached hydrogens (tertiary/aromatic N) is 7. The summed E-state index contributed by atoms with van der Waals surface area (Å²) < 4.78 is 22.6. The zero-order valence-electron chi connectivity index (χ0n) is 39.0. The molecule has 0 radical (unpaired) electrons. The van der Waals surface area contributed by atoms with Gasteiger partial charge in [-0.15, -0.1) is 0 Å². The molecule has 4 fully saturated rings. The molecule has 67 heavy (non-hydrogen) atoms. The van der Waals surface area contributed by atoms with Crippen molar-refractivity contribution in [3.63, 3.8) is 0 Å². The van der Waals surface area contributed by atoms with Crippen LogP contribution in [-0.2, 0) is 9.59 Å². The number of likely N-dealkylation sites (N-methyl/N-ethyl adjacent to an activating group) is 1. The molecule has 1 saturated carbocycles. The first-order chi connectivity index (χ1) is 32.0. The fourth-order valence-electron chi connectivity index (χ4n) is 11.7. The number of halogens is 1. The minimum Gasteiger partial charge on any atom is -0.488 e. The van der Waals surface area contributed by atoms with E-state index in [0.29, 0.717) is 41.5 Å². The molecule has 4 aromatic rings. The highest BCUT2D eigenvalue weighted by atomic mass is 19.1. The first-order valence-corrected chi connectivity index (χ1v) is 23.3. The monoisotopic (exact) mass is 911 g/mol. The van der Waals surface area contributed by atoms with Crippen LogP contribution in [0.3, 0.4) is 0 Å². The van der Waals surface area contributed by atoms with Gasteiger partial charge in [-0.3, -0.25) is 44.1 Å². The number of amides is 5. The number of aromatic nitrogens is 1. The number of hydrogen-bond donors (Lipinski definition) is 2. The van der Waals surface area contributed by atoms with Crippen molar-refractivity contribution in [1.29, 1.82) is 5.26 Å². The van der Waals surface area contributed by atoms with Crippen LogP contribution in [0.25, 0.3) is 10.9 Å². The molecule has 9 rings (SSSR count). The molecular weight excluding hydrogens is 854 g/mol. The minimum atomic E-state index is -1.01. The van der Waals surface area contributed by atoms with Gasteiger partial charge in [0.1, 0.15) is 29.8 Å². The lowest BCUT2D eigenvalue weighted by atomic mass is 9.49. The number of benzene rings is 3. The molecule has 5 amide bonds. The Morgan fingerprint density at radius 1 is 0.925 bits per heavy atom. The number of carbonyl (C=O) groups excluding carboxylic acids is 5. The highest BCUT2D eigenvalue weighted by molar-refractivity contribution is 6.23. The van der Waals surface area contributed by atoms with Gasteiger partial charge in [-0.1, -0.05) is 27.7 Å². The molecule has 0 bridgehead atoms. The van der Waals surface area contributed by atoms with E-state index in [2.05, 4.69) is 83.1 Å². The Labute approximate surface area is 390 Å². The number of nitrogens with one attached hydrogen (secondary N) is 2. The van der Waals surface area contributed by atoms with Gasteiger partial charge in [0.2, 0.25) is 11.8 Å². The molecule has 1 aromatic heterocycles. The van der Waals surface area contributed by atoms with E-state index in [-0.39, 0.29) is 53.6 Å². The number of anilines is 2. The van der Waals surface area contributed by atoms with Crippen LogP contribution in [0, 0.1) is 33.9 Å². The van der Waals surface area contributed by atoms with Crippen molar-refractivity contribution in [3.8, 4) is 11.8 Å². The van der Waals surface area contributed by atoms with Crippen LogP contribution in [0.15, 0.2) is 66.9 Å². The number of rotatable bonds is 11. The largest absolute Gasteiger partial charge is 0.488 e. The molecule has 5 aliphatic rings. The minimum absolute atomic E-state index is 0.0681. The van der Waals surface area contributed by atoms with Crippen molar-refractivity contribution < 1.29 is 33.1 Å². The fourth-order valence-corrected chi connectivity index (χ4v) is 11.7. The Bertz CT molecular complexity index is 2690. The van der Waals surface area contributed by atoms with Gasteiger partial charge in [0, 0.05) is 98.0 Å². The Balaban J connectivity index is 0.791. The van der Waals surface area contributed by atoms with Crippen molar-refractivity contribution in [1.82, 2.24) is 30.3 Å². The standard InChI is InChI=1S/C51H58FN9O6/c1-50(2)48(51(3,4)49(50)67-41-15-10-32(26-53)43-36(41)8-7-19-54-43)56-44(63)31-9-13-39(38(52)24-31)58-20-17-30(18-21-58)27-59-22-23-60(29-34(59)28-57(5)6)33-11-12-35-37(25-33)47(66)61(46(35)65)40-14-16-42(62)55-45(40)64/h7-13,15,19,24-25,30,34,40,48-49H,14,16-18,20-23,27-29H2,1-6H3,(H,56,63)(H,55,62,64)/t34-,40?,48?,49?/m1/s1. The number of piperidine rings is 2. The number of piperazine rings is 1. The SMILES string of the molecule is CN(C)C[C@@H]1CN(c2ccc3c(c2)C(=O)N(C2CCC(=O)NC2=O)C3=O)CCN1CC1CCN(c2ccc(C(=O)NC3C(C)(C)C(Oc4ccc(C#N)c5ncccc45)C3(C)C)cc2F)CC1. The predicted octanol–water partition coefficient (Wildman–Crippen LogP) is 5.23. The van der Waals surface area contributed by atoms with Crippen LogP contribution in [0.4, 0.5) is 15.8 Å². The lowest BCUT2D eigenvalue weighted by Gasteiger charge is -2.63. The lowest BCUT2D eigenvalue weighted by molar-refractivity contribution is -0.163. The molecule has 1 aliphatic carbocycles. The Morgan fingerprint density at radius 2 is 1.67 bits per heavy atom. The van der Waals surface area contributed by atoms with E-state index in [1.165, 1.54) is 6.07 Å². The third-order valence-electron chi connectivity index (χ3n) is 14.8. The molecule has 3 aromatic carbocycles. The van der Waals surface area contributed by atoms with E-state index < -0.39 is 46.3 Å². The summed E-state index contributed by atoms with van der Waals surface area (Å²) in [5, 5.41) is 15.8. The average molecular weight is 912 g/mol. The molecular formula is C51H58FN9O6. The van der Waals surface area contributed by atoms with E-state index in [1.807, 2.05) is 18.2 Å². The first kappa shape index (κ1) is 45.7. The summed E-state index contributed by atoms with van der Waals surface area (Å²) >= 11 is 0. The van der Waals surface area contributed by atoms with E-state index in [0.717, 1.165) is 61.5 Å². The van der Waals surface area contributed by atoms with E-state index >= 15 is 4.39 Å². The van der Waals surface area contributed by atoms with Crippen LogP contribution in [-0.4, -0.2) is 133 Å². The van der Waals surface area contributed by atoms with Gasteiger partial charge in [-0.25, -0.2) is 4.39 Å². The smallest absolute Gasteiger partial charge is 0.262 e. The molecule has 2 atom stereocenters. The zero-order chi connectivity index (χ0) is 47.5. The second kappa shape index (κ2) is 17.7. The molecule has 1 unspecified atom stereocenters. The number of fused-ring (bicyclic) bond motifs is 2. The number of carbonyl (C=O) groups is 5. The van der Waals surface area contributed by atoms with Crippen molar-refractivity contribution >= 4 is 51.8 Å². The summed E-state index contributed by atoms with van der Waals surface area (Å²) in [6.45, 7) is 13.6. The molecule has 2 N–H and O–H groups in total. The van der Waals surface area contributed by atoms with Crippen molar-refractivity contribution in [2.24, 2.45) is 16.7 Å².